The second-order valence-electron chi connectivity index (χ2n) is 16.3. The molecule has 0 aromatic carbocycles. The lowest BCUT2D eigenvalue weighted by Crippen LogP contribution is -2.93. The Morgan fingerprint density at radius 2 is 0.895 bits per heavy atom. The predicted octanol–water partition coefficient (Wildman–Crippen LogP) is 8.33. The van der Waals surface area contributed by atoms with Crippen LogP contribution in [-0.2, 0) is 0 Å². The van der Waals surface area contributed by atoms with E-state index in [1.807, 2.05) is 0 Å². The molecule has 230 valence electrons. The standard InChI is InChI=1S/C30H71NO3Si4/c1-14-15-16-17-18-19-20-21-22-23-24-25-26-27(32)28(33)29(35(2,3)4,31-38(11,12)13)30(34,36(5,6)7)37(8,9)10/h27-28,31-34H,14-26H2,1-13H3/t27-,28-,29+/m1/s1. The highest BCUT2D eigenvalue weighted by molar-refractivity contribution is 7.01. The van der Waals surface area contributed by atoms with E-state index in [2.05, 4.69) is 90.5 Å². The lowest BCUT2D eigenvalue weighted by molar-refractivity contribution is -0.0544. The number of rotatable bonds is 21. The van der Waals surface area contributed by atoms with Gasteiger partial charge in [0.05, 0.1) is 46.4 Å². The molecular weight excluding hydrogens is 535 g/mol. The third-order valence-electron chi connectivity index (χ3n) is 8.66. The van der Waals surface area contributed by atoms with Crippen molar-refractivity contribution in [1.82, 2.24) is 4.98 Å². The minimum atomic E-state index is -2.28. The zero-order valence-corrected chi connectivity index (χ0v) is 32.2. The summed E-state index contributed by atoms with van der Waals surface area (Å²) in [5, 5.41) is 35.9. The van der Waals surface area contributed by atoms with Gasteiger partial charge in [0.15, 0.2) is 0 Å². The molecule has 0 heterocycles. The van der Waals surface area contributed by atoms with Gasteiger partial charge in [-0.3, -0.25) is 0 Å². The van der Waals surface area contributed by atoms with Crippen molar-refractivity contribution in [2.75, 3.05) is 0 Å². The molecular formula is C30H71NO3Si4. The summed E-state index contributed by atoms with van der Waals surface area (Å²) in [6, 6.07) is 0. The van der Waals surface area contributed by atoms with Gasteiger partial charge in [-0.05, 0) is 6.42 Å². The average molecular weight is 606 g/mol. The van der Waals surface area contributed by atoms with Crippen molar-refractivity contribution in [2.24, 2.45) is 0 Å². The first-order valence-corrected chi connectivity index (χ1v) is 30.0. The minimum absolute atomic E-state index is 0.603. The number of unbranched alkanes of at least 4 members (excludes halogenated alkanes) is 11. The fourth-order valence-corrected chi connectivity index (χ4v) is 29.9. The molecule has 3 atom stereocenters. The maximum absolute atomic E-state index is 13.0. The Kier molecular flexibility index (Phi) is 16.1. The molecule has 4 N–H and O–H groups in total. The van der Waals surface area contributed by atoms with Gasteiger partial charge in [0.25, 0.3) is 0 Å². The van der Waals surface area contributed by atoms with Crippen LogP contribution in [0.1, 0.15) is 90.4 Å². The molecule has 0 bridgehead atoms. The molecule has 0 spiro atoms. The number of nitrogens with one attached hydrogen (secondary N) is 1. The highest BCUT2D eigenvalue weighted by atomic mass is 28.4. The van der Waals surface area contributed by atoms with Crippen LogP contribution in [0.5, 0.6) is 0 Å². The van der Waals surface area contributed by atoms with E-state index in [0.29, 0.717) is 6.42 Å². The van der Waals surface area contributed by atoms with Crippen molar-refractivity contribution in [3.8, 4) is 0 Å². The summed E-state index contributed by atoms with van der Waals surface area (Å²) in [5.41, 5.74) is 0. The van der Waals surface area contributed by atoms with Gasteiger partial charge in [-0.1, -0.05) is 163 Å². The number of aliphatic hydroxyl groups is 3. The van der Waals surface area contributed by atoms with Crippen LogP contribution >= 0.6 is 0 Å². The third-order valence-corrected chi connectivity index (χ3v) is 23.3. The second kappa shape index (κ2) is 15.8. The topological polar surface area (TPSA) is 72.7 Å². The van der Waals surface area contributed by atoms with E-state index >= 15 is 0 Å². The SMILES string of the molecule is CCCCCCCCCCCCCC[C@@H](O)[C@@H](O)[C@@](N[Si](C)(C)C)(C(O)([Si](C)(C)C)[Si](C)(C)C)[Si](C)(C)C. The van der Waals surface area contributed by atoms with E-state index in [9.17, 15) is 15.3 Å². The predicted molar refractivity (Wildman–Crippen MR) is 182 cm³/mol. The molecule has 0 radical (unpaired) electrons. The Hall–Kier alpha value is 0.708. The van der Waals surface area contributed by atoms with Gasteiger partial charge in [0, 0.05) is 0 Å². The molecule has 8 heteroatoms. The zero-order chi connectivity index (χ0) is 30.1. The van der Waals surface area contributed by atoms with Gasteiger partial charge in [-0.25, -0.2) is 0 Å². The molecule has 0 saturated carbocycles. The molecule has 0 aliphatic heterocycles. The fourth-order valence-electron chi connectivity index (χ4n) is 7.09. The first kappa shape index (κ1) is 38.7. The van der Waals surface area contributed by atoms with E-state index in [4.69, 9.17) is 0 Å². The summed E-state index contributed by atoms with van der Waals surface area (Å²) in [6.07, 6.45) is 14.2. The van der Waals surface area contributed by atoms with Crippen LogP contribution in [0.4, 0.5) is 0 Å². The molecule has 0 aliphatic rings. The average Bonchev–Trinajstić information content (AvgIpc) is 2.73. The number of hydrogen-bond acceptors (Lipinski definition) is 4. The molecule has 0 aromatic heterocycles. The molecule has 0 amide bonds. The fraction of sp³-hybridized carbons (Fsp3) is 1.00. The summed E-state index contributed by atoms with van der Waals surface area (Å²) in [4.78, 5) is 3.02. The Morgan fingerprint density at radius 3 is 1.18 bits per heavy atom. The first-order valence-electron chi connectivity index (χ1n) is 16.0. The van der Waals surface area contributed by atoms with Crippen molar-refractivity contribution in [3.63, 3.8) is 0 Å². The maximum atomic E-state index is 13.0. The molecule has 0 fully saturated rings. The van der Waals surface area contributed by atoms with Crippen molar-refractivity contribution in [2.45, 2.75) is 191 Å². The highest BCUT2D eigenvalue weighted by Crippen LogP contribution is 2.48. The number of aliphatic hydroxyl groups excluding tert-OH is 2. The first-order chi connectivity index (χ1) is 17.1. The minimum Gasteiger partial charge on any atom is -0.395 e. The van der Waals surface area contributed by atoms with E-state index in [1.165, 1.54) is 64.2 Å². The Morgan fingerprint density at radius 1 is 0.553 bits per heavy atom. The zero-order valence-electron chi connectivity index (χ0n) is 28.2. The van der Waals surface area contributed by atoms with Crippen molar-refractivity contribution < 1.29 is 15.3 Å². The van der Waals surface area contributed by atoms with E-state index in [1.54, 1.807) is 0 Å². The summed E-state index contributed by atoms with van der Waals surface area (Å²) < 4.78 is 0. The van der Waals surface area contributed by atoms with Crippen LogP contribution in [0.15, 0.2) is 0 Å². The van der Waals surface area contributed by atoms with Crippen molar-refractivity contribution in [3.05, 3.63) is 0 Å². The smallest absolute Gasteiger partial charge is 0.116 e. The van der Waals surface area contributed by atoms with Gasteiger partial charge >= 0.3 is 0 Å². The summed E-state index contributed by atoms with van der Waals surface area (Å²) >= 11 is 0. The van der Waals surface area contributed by atoms with Gasteiger partial charge in [-0.2, -0.15) is 0 Å². The highest BCUT2D eigenvalue weighted by Gasteiger charge is 2.71. The van der Waals surface area contributed by atoms with Gasteiger partial charge < -0.3 is 20.3 Å². The van der Waals surface area contributed by atoms with Crippen LogP contribution in [0, 0.1) is 0 Å². The van der Waals surface area contributed by atoms with Crippen LogP contribution in [-0.4, -0.2) is 70.0 Å². The normalized spacial score (nSPS) is 17.4. The van der Waals surface area contributed by atoms with Crippen LogP contribution in [0.3, 0.4) is 0 Å². The van der Waals surface area contributed by atoms with E-state index in [0.717, 1.165) is 12.8 Å². The van der Waals surface area contributed by atoms with Gasteiger partial charge in [-0.15, -0.1) is 0 Å². The van der Waals surface area contributed by atoms with Gasteiger partial charge in [0.1, 0.15) is 8.24 Å². The van der Waals surface area contributed by atoms with Gasteiger partial charge in [0.2, 0.25) is 0 Å². The lowest BCUT2D eigenvalue weighted by atomic mass is 9.98. The molecule has 0 aromatic rings. The summed E-state index contributed by atoms with van der Waals surface area (Å²) in [6.45, 7) is 29.5. The molecule has 38 heavy (non-hydrogen) atoms. The second-order valence-corrected chi connectivity index (χ2v) is 37.3. The Balaban J connectivity index is 5.53. The molecule has 0 aliphatic carbocycles. The number of hydrogen-bond donors (Lipinski definition) is 4. The largest absolute Gasteiger partial charge is 0.395 e. The lowest BCUT2D eigenvalue weighted by Gasteiger charge is -2.67. The molecule has 0 saturated heterocycles. The third kappa shape index (κ3) is 10.5. The van der Waals surface area contributed by atoms with E-state index in [-0.39, 0.29) is 0 Å². The van der Waals surface area contributed by atoms with Crippen LogP contribution < -0.4 is 4.98 Å². The van der Waals surface area contributed by atoms with E-state index < -0.39 is 54.7 Å². The maximum Gasteiger partial charge on any atom is 0.116 e. The Labute approximate surface area is 243 Å². The molecule has 4 nitrogen and oxygen atoms in total. The monoisotopic (exact) mass is 605 g/mol. The van der Waals surface area contributed by atoms with Crippen molar-refractivity contribution >= 4 is 32.5 Å². The summed E-state index contributed by atoms with van der Waals surface area (Å²) in [5.74, 6) is 0. The van der Waals surface area contributed by atoms with Crippen LogP contribution in [0.2, 0.25) is 78.6 Å². The molecule has 0 unspecified atom stereocenters. The summed E-state index contributed by atoms with van der Waals surface area (Å²) in [7, 11) is -8.69. The molecule has 0 rings (SSSR count). The Bertz CT molecular complexity index is 636. The quantitative estimate of drug-likeness (QED) is 0.0784. The van der Waals surface area contributed by atoms with Crippen LogP contribution in [0.25, 0.3) is 0 Å². The van der Waals surface area contributed by atoms with Crippen molar-refractivity contribution in [1.29, 1.82) is 0 Å².